The van der Waals surface area contributed by atoms with Gasteiger partial charge in [0.25, 0.3) is 0 Å². The van der Waals surface area contributed by atoms with Crippen molar-refractivity contribution in [2.45, 2.75) is 242 Å². The van der Waals surface area contributed by atoms with Gasteiger partial charge in [-0.05, 0) is 270 Å². The smallest absolute Gasteiger partial charge is 0.305 e. The average molecular weight is 2080 g/mol. The largest absolute Gasteiger partial charge is 0.508 e. The maximum Gasteiger partial charge on any atom is 0.305 e. The molecule has 4 saturated heterocycles. The number of rotatable bonds is 21. The number of hydrogen-bond donors (Lipinski definition) is 3. The van der Waals surface area contributed by atoms with Gasteiger partial charge in [-0.15, -0.1) is 11.8 Å². The molecule has 4 aliphatic heterocycles. The number of Topliss-reactive ketones (excluding diaryl/α,β-unsaturated/α-hetero) is 1. The molecule has 0 bridgehead atoms. The van der Waals surface area contributed by atoms with Gasteiger partial charge in [0.15, 0.2) is 36.2 Å². The van der Waals surface area contributed by atoms with Gasteiger partial charge in [0, 0.05) is 71.0 Å². The number of carbonyl (C=O) groups excluding carboxylic acids is 7. The number of aliphatic hydroxyl groups is 2. The number of fused-ring (bicyclic) bond motifs is 1. The number of aromatic hydroxyl groups is 1. The fourth-order valence-electron chi connectivity index (χ4n) is 16.5. The number of thioether (sulfide) groups is 1. The Bertz CT molecular complexity index is 5970. The minimum absolute atomic E-state index is 0.226. The molecule has 4 aliphatic rings. The Morgan fingerprint density at radius 1 is 0.423 bits per heavy atom. The van der Waals surface area contributed by atoms with E-state index in [-0.39, 0.29) is 29.5 Å². The van der Waals surface area contributed by atoms with Crippen molar-refractivity contribution >= 4 is 101 Å². The second-order valence-electron chi connectivity index (χ2n) is 35.9. The molecule has 0 aliphatic carbocycles. The third-order valence-corrected chi connectivity index (χ3v) is 26.6. The molecule has 0 spiro atoms. The van der Waals surface area contributed by atoms with Crippen LogP contribution in [-0.4, -0.2) is 130 Å². The molecule has 4 fully saturated rings. The van der Waals surface area contributed by atoms with E-state index in [4.69, 9.17) is 47.4 Å². The first-order valence-corrected chi connectivity index (χ1v) is 49.2. The van der Waals surface area contributed by atoms with Gasteiger partial charge in [-0.3, -0.25) is 33.6 Å². The van der Waals surface area contributed by atoms with Crippen LogP contribution >= 0.6 is 59.6 Å². The van der Waals surface area contributed by atoms with Crippen molar-refractivity contribution in [2.24, 2.45) is 11.8 Å². The van der Waals surface area contributed by atoms with Gasteiger partial charge in [0.05, 0.1) is 12.2 Å². The summed E-state index contributed by atoms with van der Waals surface area (Å²) in [6, 6.07) is 76.6. The monoisotopic (exact) mass is 2070 g/mol. The van der Waals surface area contributed by atoms with E-state index in [0.29, 0.717) is 5.56 Å². The number of phenolic OH excluding ortho intramolecular Hbond substituents is 1. The molecule has 4 heterocycles. The quantitative estimate of drug-likeness (QED) is 0.0261. The zero-order valence-electron chi connectivity index (χ0n) is 81.3. The maximum atomic E-state index is 13.0. The number of ketones is 1. The Balaban J connectivity index is 0.000000176. The Hall–Kier alpha value is -10.6. The van der Waals surface area contributed by atoms with Crippen molar-refractivity contribution in [3.05, 3.63) is 377 Å². The first-order chi connectivity index (χ1) is 64.9. The predicted octanol–water partition coefficient (Wildman–Crippen LogP) is 23.6. The van der Waals surface area contributed by atoms with Crippen LogP contribution in [0.3, 0.4) is 0 Å². The highest BCUT2D eigenvalue weighted by Gasteiger charge is 2.57. The van der Waals surface area contributed by atoms with Crippen molar-refractivity contribution in [1.29, 1.82) is 0 Å². The molecule has 1 unspecified atom stereocenters. The van der Waals surface area contributed by atoms with Gasteiger partial charge >= 0.3 is 29.8 Å². The maximum absolute atomic E-state index is 13.0. The van der Waals surface area contributed by atoms with Crippen LogP contribution in [0.2, 0.25) is 0 Å². The number of ether oxygens (including phenoxy) is 10. The van der Waals surface area contributed by atoms with Gasteiger partial charge in [-0.1, -0.05) is 260 Å². The Labute approximate surface area is 835 Å². The van der Waals surface area contributed by atoms with Crippen LogP contribution in [0.1, 0.15) is 224 Å². The van der Waals surface area contributed by atoms with Crippen molar-refractivity contribution in [3.63, 3.8) is 0 Å². The molecule has 0 saturated carbocycles. The van der Waals surface area contributed by atoms with Gasteiger partial charge in [0.2, 0.25) is 12.4 Å². The third kappa shape index (κ3) is 31.2. The zero-order valence-corrected chi connectivity index (χ0v) is 86.9. The predicted molar refractivity (Wildman–Crippen MR) is 544 cm³/mol. The lowest BCUT2D eigenvalue weighted by molar-refractivity contribution is -0.283. The lowest BCUT2D eigenvalue weighted by Gasteiger charge is -2.44. The molecular formula is C113H125Br3O20S. The van der Waals surface area contributed by atoms with E-state index >= 15 is 0 Å². The molecule has 0 aromatic heterocycles. The molecule has 137 heavy (non-hydrogen) atoms. The van der Waals surface area contributed by atoms with Crippen LogP contribution in [0, 0.1) is 81.1 Å². The summed E-state index contributed by atoms with van der Waals surface area (Å²) < 4.78 is 60.1. The van der Waals surface area contributed by atoms with E-state index in [2.05, 4.69) is 199 Å². The number of aldehydes is 1. The highest BCUT2D eigenvalue weighted by atomic mass is 79.9. The molecule has 3 N–H and O–H groups in total. The van der Waals surface area contributed by atoms with Crippen LogP contribution in [0.5, 0.6) is 5.75 Å². The molecule has 15 rings (SSSR count). The Morgan fingerprint density at radius 3 is 1.23 bits per heavy atom. The molecular weight excluding hydrogens is 1950 g/mol. The zero-order chi connectivity index (χ0) is 100.0. The van der Waals surface area contributed by atoms with Crippen molar-refractivity contribution in [1.82, 2.24) is 0 Å². The molecule has 11 aromatic carbocycles. The summed E-state index contributed by atoms with van der Waals surface area (Å²) in [5.41, 5.74) is 25.9. The van der Waals surface area contributed by atoms with Crippen LogP contribution in [0.4, 0.5) is 0 Å². The molecule has 11 aromatic rings. The van der Waals surface area contributed by atoms with Crippen LogP contribution in [0.15, 0.2) is 244 Å². The van der Waals surface area contributed by atoms with E-state index in [1.807, 2.05) is 151 Å². The van der Waals surface area contributed by atoms with Crippen LogP contribution < -0.4 is 0 Å². The second-order valence-corrected chi connectivity index (χ2v) is 39.6. The topological polar surface area (TPSA) is 272 Å². The minimum Gasteiger partial charge on any atom is -0.508 e. The number of phenols is 1. The molecule has 24 heteroatoms. The van der Waals surface area contributed by atoms with Crippen molar-refractivity contribution < 1.29 is 96.2 Å². The molecule has 15 atom stereocenters. The molecule has 724 valence electrons. The number of aliphatic hydroxyl groups excluding tert-OH is 2. The lowest BCUT2D eigenvalue weighted by atomic mass is 9.85. The standard InChI is InChI=1S/C27H32O7.C25H30O6S.C23H26O5.C15H15BrO.C15H15Br.C8H7BrO/c1-15-7-10-21(11-8-15)13-23-14-22(12-9-16(23)2)24-17(3)25(31-18(4)28)26(32-19(5)29)27(34-24)33-20(6)30;1-14-6-9-19(13-20(14)12-18-7-10-21(28)11-8-18)22-15(2)23(29-16(3)26)24(30-17(4)27)25(31-22)32-5;1-13-5-8-15(9-6-13)11-17-12-16(10-7-14(17)2)18(24)20-19(25)21-22(26-20)28-23(3,4)27-21;1-10-3-6-12(7-4-10)15(17)14-9-13(16)8-5-11(14)2;1-11-3-6-13(7-4-11)9-14-10-15(16)8-5-12(14)2;1-6-2-3-8(9)4-7(6)5-10/h7-12,14,17,24-27H,13H2,1-6H3;6-11,13,15,22-25,28H,12H2,1-5H3;5-10,12,19-22,25H,11H2,1-4H3;3-9,15,17H,1-2H3;3-8,10H,9H2,1-2H3;2-5H,1H3/t17-,24+,25+,26-,27-;15-,22+,23+,24-,25+;19-,20+,21+,22+;;;/m001.../s1. The summed E-state index contributed by atoms with van der Waals surface area (Å²) >= 11 is 11.7. The number of carbonyl (C=O) groups is 7. The summed E-state index contributed by atoms with van der Waals surface area (Å²) in [7, 11) is 0. The van der Waals surface area contributed by atoms with E-state index < -0.39 is 109 Å². The second kappa shape index (κ2) is 50.3. The lowest BCUT2D eigenvalue weighted by Crippen LogP contribution is -2.55. The van der Waals surface area contributed by atoms with Gasteiger partial charge in [0.1, 0.15) is 41.9 Å². The van der Waals surface area contributed by atoms with Gasteiger partial charge in [-0.25, -0.2) is 0 Å². The Kier molecular flexibility index (Phi) is 39.8. The normalized spacial score (nSPS) is 21.1. The molecule has 0 amide bonds. The average Bonchev–Trinajstić information content (AvgIpc) is 1.64. The SMILES string of the molecule is CC(=O)O[C@H]1O[C@@H](c2ccc(C)c(Cc3ccc(C)cc3)c2)[C@H](C)[C@@H](OC(C)=O)[C@@H]1OC(C)=O.CS[C@H]1O[C@@H](c2ccc(C)c(Cc3ccc(O)cc3)c2)[C@H](C)[C@@H](OC(C)=O)[C@@H]1OC(C)=O.Cc1ccc(Br)cc1C=O.Cc1ccc(C(O)c2cc(Br)ccc2C)cc1.Cc1ccc(Cc2cc(Br)ccc2C)cc1.Cc1ccc(Cc2cc(C(=O)[C@@H]3O[C@H]4OC(C)(C)O[C@H]4[C@@H]3O)ccc2C)cc1. The fraction of sp³-hybridized carbons (Fsp3) is 0.354. The highest BCUT2D eigenvalue weighted by molar-refractivity contribution is 9.11. The summed E-state index contributed by atoms with van der Waals surface area (Å²) in [5, 5.41) is 30.5. The molecule has 0 radical (unpaired) electrons. The number of hydrogen-bond acceptors (Lipinski definition) is 21. The first-order valence-electron chi connectivity index (χ1n) is 45.6. The summed E-state index contributed by atoms with van der Waals surface area (Å²) in [4.78, 5) is 82.3. The third-order valence-electron chi connectivity index (χ3n) is 24.3. The van der Waals surface area contributed by atoms with E-state index in [1.165, 1.54) is 96.5 Å². The number of aryl methyl sites for hydroxylation is 10. The fourth-order valence-corrected chi connectivity index (χ4v) is 18.4. The first kappa shape index (κ1) is 108. The van der Waals surface area contributed by atoms with Crippen molar-refractivity contribution in [3.8, 4) is 5.75 Å². The van der Waals surface area contributed by atoms with Crippen LogP contribution in [-0.2, 0) is 97.0 Å². The summed E-state index contributed by atoms with van der Waals surface area (Å²) in [6.07, 6.45) is -3.35. The van der Waals surface area contributed by atoms with E-state index in [0.717, 1.165) is 123 Å². The van der Waals surface area contributed by atoms with Gasteiger partial charge in [-0.2, -0.15) is 0 Å². The Morgan fingerprint density at radius 2 is 0.796 bits per heavy atom. The molecule has 20 nitrogen and oxygen atoms in total. The summed E-state index contributed by atoms with van der Waals surface area (Å²) in [5.74, 6) is -4.02. The van der Waals surface area contributed by atoms with Crippen LogP contribution in [0.25, 0.3) is 0 Å². The highest BCUT2D eigenvalue weighted by Crippen LogP contribution is 2.45. The number of halogens is 3. The number of benzene rings is 11. The van der Waals surface area contributed by atoms with E-state index in [9.17, 15) is 48.9 Å². The van der Waals surface area contributed by atoms with Gasteiger partial charge < -0.3 is 62.7 Å². The van der Waals surface area contributed by atoms with Crippen molar-refractivity contribution in [2.75, 3.05) is 6.26 Å². The summed E-state index contributed by atoms with van der Waals surface area (Å²) in [6.45, 7) is 34.3. The number of esters is 5. The van der Waals surface area contributed by atoms with E-state index in [1.54, 1.807) is 32.0 Å². The minimum atomic E-state index is -1.21.